The van der Waals surface area contributed by atoms with Gasteiger partial charge in [0.05, 0.1) is 6.04 Å². The van der Waals surface area contributed by atoms with Gasteiger partial charge in [-0.05, 0) is 38.0 Å². The predicted octanol–water partition coefficient (Wildman–Crippen LogP) is 2.82. The molecule has 0 unspecified atom stereocenters. The van der Waals surface area contributed by atoms with Crippen LogP contribution >= 0.6 is 0 Å². The van der Waals surface area contributed by atoms with Crippen LogP contribution in [0.25, 0.3) is 0 Å². The molecule has 5 heteroatoms. The zero-order valence-electron chi connectivity index (χ0n) is 15.5. The lowest BCUT2D eigenvalue weighted by Crippen LogP contribution is -2.47. The molecule has 0 N–H and O–H groups in total. The molecule has 132 valence electrons. The molecule has 0 spiro atoms. The van der Waals surface area contributed by atoms with E-state index in [-0.39, 0.29) is 6.04 Å². The number of nitrogens with zero attached hydrogens (tertiary/aromatic N) is 4. The van der Waals surface area contributed by atoms with Crippen LogP contribution in [0.1, 0.15) is 51.4 Å². The smallest absolute Gasteiger partial charge is 0.224 e. The van der Waals surface area contributed by atoms with Crippen molar-refractivity contribution in [3.63, 3.8) is 0 Å². The Bertz CT molecular complexity index is 597. The van der Waals surface area contributed by atoms with Gasteiger partial charge >= 0.3 is 0 Å². The molecule has 1 aromatic rings. The Morgan fingerprint density at radius 1 is 1.33 bits per heavy atom. The largest absolute Gasteiger partial charge is 0.354 e. The number of hydrogen-bond acceptors (Lipinski definition) is 4. The first-order chi connectivity index (χ1) is 11.5. The topological polar surface area (TPSA) is 49.3 Å². The number of anilines is 1. The number of carbonyl (C=O) groups excluding carboxylic acids is 1. The van der Waals surface area contributed by atoms with Crippen molar-refractivity contribution in [2.75, 3.05) is 24.5 Å². The van der Waals surface area contributed by atoms with Crippen molar-refractivity contribution in [1.82, 2.24) is 14.9 Å². The van der Waals surface area contributed by atoms with E-state index in [0.717, 1.165) is 43.6 Å². The lowest BCUT2D eigenvalue weighted by atomic mass is 10.0. The van der Waals surface area contributed by atoms with Gasteiger partial charge in [-0.15, -0.1) is 0 Å². The molecule has 1 atom stereocenters. The lowest BCUT2D eigenvalue weighted by Gasteiger charge is -2.35. The summed E-state index contributed by atoms with van der Waals surface area (Å²) in [6.45, 7) is 11.1. The van der Waals surface area contributed by atoms with Gasteiger partial charge in [0.1, 0.15) is 11.6 Å². The molecule has 0 bridgehead atoms. The minimum atomic E-state index is 0.264. The van der Waals surface area contributed by atoms with Gasteiger partial charge in [-0.2, -0.15) is 0 Å². The van der Waals surface area contributed by atoms with Gasteiger partial charge in [0, 0.05) is 37.8 Å². The second kappa shape index (κ2) is 7.08. The molecule has 1 aliphatic heterocycles. The summed E-state index contributed by atoms with van der Waals surface area (Å²) >= 11 is 0. The van der Waals surface area contributed by atoms with Crippen LogP contribution in [0.5, 0.6) is 0 Å². The van der Waals surface area contributed by atoms with Crippen LogP contribution in [-0.4, -0.2) is 46.5 Å². The monoisotopic (exact) mass is 330 g/mol. The normalized spacial score (nSPS) is 22.2. The van der Waals surface area contributed by atoms with Crippen LogP contribution < -0.4 is 4.90 Å². The van der Waals surface area contributed by atoms with Gasteiger partial charge in [0.25, 0.3) is 0 Å². The quantitative estimate of drug-likeness (QED) is 0.833. The molecule has 0 radical (unpaired) electrons. The van der Waals surface area contributed by atoms with Crippen LogP contribution in [0, 0.1) is 18.8 Å². The van der Waals surface area contributed by atoms with E-state index >= 15 is 0 Å². The molecule has 0 aromatic carbocycles. The maximum absolute atomic E-state index is 12.8. The second-order valence-electron chi connectivity index (χ2n) is 7.62. The fourth-order valence-corrected chi connectivity index (χ4v) is 3.56. The first-order valence-electron chi connectivity index (χ1n) is 9.36. The van der Waals surface area contributed by atoms with Gasteiger partial charge in [-0.3, -0.25) is 4.79 Å². The standard InChI is InChI=1S/C19H30N4O/c1-5-16-10-20-14(4)21-19(16)22-9-8-18(24)23(11-15-6-7-15)17(12-22)13(2)3/h10,13,15,17H,5-9,11-12H2,1-4H3/t17-/m1/s1. The first-order valence-corrected chi connectivity index (χ1v) is 9.36. The third-order valence-corrected chi connectivity index (χ3v) is 5.29. The summed E-state index contributed by atoms with van der Waals surface area (Å²) in [5.74, 6) is 3.31. The fraction of sp³-hybridized carbons (Fsp3) is 0.737. The van der Waals surface area contributed by atoms with Crippen LogP contribution in [0.4, 0.5) is 5.82 Å². The summed E-state index contributed by atoms with van der Waals surface area (Å²) in [4.78, 5) is 26.3. The van der Waals surface area contributed by atoms with Crippen molar-refractivity contribution in [1.29, 1.82) is 0 Å². The molecule has 1 amide bonds. The van der Waals surface area contributed by atoms with E-state index in [9.17, 15) is 4.79 Å². The maximum Gasteiger partial charge on any atom is 0.224 e. The highest BCUT2D eigenvalue weighted by Gasteiger charge is 2.36. The number of amides is 1. The van der Waals surface area contributed by atoms with Crippen molar-refractivity contribution in [2.24, 2.45) is 11.8 Å². The summed E-state index contributed by atoms with van der Waals surface area (Å²) in [6.07, 6.45) is 6.00. The molecule has 1 saturated carbocycles. The summed E-state index contributed by atoms with van der Waals surface area (Å²) < 4.78 is 0. The average molecular weight is 330 g/mol. The zero-order valence-corrected chi connectivity index (χ0v) is 15.5. The van der Waals surface area contributed by atoms with Crippen molar-refractivity contribution in [2.45, 2.75) is 59.4 Å². The first kappa shape index (κ1) is 17.2. The molecule has 2 heterocycles. The number of aromatic nitrogens is 2. The molecular formula is C19H30N4O. The molecule has 1 aromatic heterocycles. The van der Waals surface area contributed by atoms with Gasteiger partial charge in [-0.25, -0.2) is 9.97 Å². The van der Waals surface area contributed by atoms with Crippen LogP contribution in [-0.2, 0) is 11.2 Å². The number of aryl methyl sites for hydroxylation is 2. The Labute approximate surface area is 145 Å². The SMILES string of the molecule is CCc1cnc(C)nc1N1CCC(=O)N(CC2CC2)[C@@H](C(C)C)C1. The molecule has 2 fully saturated rings. The predicted molar refractivity (Wildman–Crippen MR) is 96.0 cm³/mol. The van der Waals surface area contributed by atoms with Crippen LogP contribution in [0.15, 0.2) is 6.20 Å². The van der Waals surface area contributed by atoms with Gasteiger partial charge in [-0.1, -0.05) is 20.8 Å². The Morgan fingerprint density at radius 2 is 2.08 bits per heavy atom. The second-order valence-corrected chi connectivity index (χ2v) is 7.62. The minimum absolute atomic E-state index is 0.264. The Hall–Kier alpha value is -1.65. The summed E-state index contributed by atoms with van der Waals surface area (Å²) in [5, 5.41) is 0. The molecule has 3 rings (SSSR count). The highest BCUT2D eigenvalue weighted by molar-refractivity contribution is 5.78. The molecule has 24 heavy (non-hydrogen) atoms. The number of hydrogen-bond donors (Lipinski definition) is 0. The summed E-state index contributed by atoms with van der Waals surface area (Å²) in [5.41, 5.74) is 1.17. The van der Waals surface area contributed by atoms with E-state index in [2.05, 4.69) is 35.6 Å². The maximum atomic E-state index is 12.8. The highest BCUT2D eigenvalue weighted by Crippen LogP contribution is 2.33. The van der Waals surface area contributed by atoms with Crippen LogP contribution in [0.3, 0.4) is 0 Å². The average Bonchev–Trinajstić information content (AvgIpc) is 3.37. The molecular weight excluding hydrogens is 300 g/mol. The lowest BCUT2D eigenvalue weighted by molar-refractivity contribution is -0.133. The Balaban J connectivity index is 1.88. The van der Waals surface area contributed by atoms with Crippen molar-refractivity contribution in [3.8, 4) is 0 Å². The number of rotatable bonds is 5. The summed E-state index contributed by atoms with van der Waals surface area (Å²) in [6, 6.07) is 0.264. The zero-order chi connectivity index (χ0) is 17.3. The Morgan fingerprint density at radius 3 is 2.71 bits per heavy atom. The highest BCUT2D eigenvalue weighted by atomic mass is 16.2. The molecule has 5 nitrogen and oxygen atoms in total. The minimum Gasteiger partial charge on any atom is -0.354 e. The molecule has 1 saturated heterocycles. The van der Waals surface area contributed by atoms with Crippen molar-refractivity contribution in [3.05, 3.63) is 17.6 Å². The van der Waals surface area contributed by atoms with E-state index in [4.69, 9.17) is 4.98 Å². The van der Waals surface area contributed by atoms with E-state index in [0.29, 0.717) is 18.2 Å². The third kappa shape index (κ3) is 3.70. The molecule has 2 aliphatic rings. The van der Waals surface area contributed by atoms with E-state index in [1.54, 1.807) is 0 Å². The van der Waals surface area contributed by atoms with E-state index in [1.807, 2.05) is 13.1 Å². The fourth-order valence-electron chi connectivity index (χ4n) is 3.56. The Kier molecular flexibility index (Phi) is 5.07. The van der Waals surface area contributed by atoms with E-state index < -0.39 is 0 Å². The van der Waals surface area contributed by atoms with Gasteiger partial charge < -0.3 is 9.80 Å². The summed E-state index contributed by atoms with van der Waals surface area (Å²) in [7, 11) is 0. The number of carbonyl (C=O) groups is 1. The van der Waals surface area contributed by atoms with Crippen molar-refractivity contribution >= 4 is 11.7 Å². The van der Waals surface area contributed by atoms with E-state index in [1.165, 1.54) is 18.4 Å². The van der Waals surface area contributed by atoms with Gasteiger partial charge in [0.15, 0.2) is 0 Å². The molecule has 1 aliphatic carbocycles. The van der Waals surface area contributed by atoms with Crippen LogP contribution in [0.2, 0.25) is 0 Å². The van der Waals surface area contributed by atoms with Gasteiger partial charge in [0.2, 0.25) is 5.91 Å². The van der Waals surface area contributed by atoms with Crippen molar-refractivity contribution < 1.29 is 4.79 Å². The third-order valence-electron chi connectivity index (χ3n) is 5.29.